The third-order valence-electron chi connectivity index (χ3n) is 2.29. The van der Waals surface area contributed by atoms with Gasteiger partial charge in [0, 0.05) is 18.1 Å². The molecule has 5 nitrogen and oxygen atoms in total. The zero-order chi connectivity index (χ0) is 13.7. The van der Waals surface area contributed by atoms with Crippen molar-refractivity contribution in [2.75, 3.05) is 0 Å². The van der Waals surface area contributed by atoms with Crippen molar-refractivity contribution in [1.82, 2.24) is 0 Å². The summed E-state index contributed by atoms with van der Waals surface area (Å²) in [5, 5.41) is 15.9. The molecule has 0 aliphatic carbocycles. The maximum absolute atomic E-state index is 12.0. The Balaban J connectivity index is 2.36. The second kappa shape index (κ2) is 5.77. The van der Waals surface area contributed by atoms with E-state index in [-0.39, 0.29) is 11.4 Å². The van der Waals surface area contributed by atoms with Crippen molar-refractivity contribution < 1.29 is 14.4 Å². The molecule has 0 saturated heterocycles. The Labute approximate surface area is 110 Å². The second-order valence-electron chi connectivity index (χ2n) is 3.77. The molecule has 0 radical (unpaired) electrons. The zero-order valence-corrected chi connectivity index (χ0v) is 10.3. The number of esters is 1. The monoisotopic (exact) mass is 256 g/mol. The van der Waals surface area contributed by atoms with Crippen molar-refractivity contribution in [2.45, 2.75) is 6.92 Å². The zero-order valence-electron chi connectivity index (χ0n) is 10.3. The van der Waals surface area contributed by atoms with Gasteiger partial charge in [0.25, 0.3) is 5.69 Å². The highest BCUT2D eigenvalue weighted by atomic mass is 16.5. The number of azo groups is 1. The first kappa shape index (κ1) is 12.8. The molecule has 0 saturated carbocycles. The Kier molecular flexibility index (Phi) is 3.87. The molecule has 5 heteroatoms. The summed E-state index contributed by atoms with van der Waals surface area (Å²) < 4.78 is 4.96. The summed E-state index contributed by atoms with van der Waals surface area (Å²) in [5.41, 5.74) is 0.705. The third-order valence-corrected chi connectivity index (χ3v) is 2.29. The van der Waals surface area contributed by atoms with Crippen LogP contribution >= 0.6 is 0 Å². The fraction of sp³-hybridized carbons (Fsp3) is 0.0714. The highest BCUT2D eigenvalue weighted by molar-refractivity contribution is 5.71. The van der Waals surface area contributed by atoms with Gasteiger partial charge in [0.15, 0.2) is 0 Å². The second-order valence-corrected chi connectivity index (χ2v) is 3.77. The summed E-state index contributed by atoms with van der Waals surface area (Å²) in [6.45, 7) is 1.28. The Hall–Kier alpha value is -2.69. The SMILES string of the molecule is CC(=O)Oc1ccccc1[N+]([O-])=Nc1ccccc1. The van der Waals surface area contributed by atoms with E-state index >= 15 is 0 Å². The number of carbonyl (C=O) groups excluding carboxylic acids is 1. The number of benzene rings is 2. The average Bonchev–Trinajstić information content (AvgIpc) is 2.39. The van der Waals surface area contributed by atoms with E-state index in [1.807, 2.05) is 6.07 Å². The average molecular weight is 256 g/mol. The van der Waals surface area contributed by atoms with Crippen molar-refractivity contribution in [3.05, 3.63) is 59.8 Å². The minimum Gasteiger partial charge on any atom is -0.594 e. The van der Waals surface area contributed by atoms with Crippen molar-refractivity contribution in [2.24, 2.45) is 5.11 Å². The van der Waals surface area contributed by atoms with E-state index in [1.54, 1.807) is 42.5 Å². The minimum absolute atomic E-state index is 0.182. The molecule has 2 rings (SSSR count). The van der Waals surface area contributed by atoms with Gasteiger partial charge in [-0.1, -0.05) is 30.3 Å². The van der Waals surface area contributed by atoms with Crippen LogP contribution in [0.25, 0.3) is 0 Å². The first-order valence-corrected chi connectivity index (χ1v) is 5.68. The van der Waals surface area contributed by atoms with Crippen LogP contribution in [-0.2, 0) is 4.79 Å². The lowest BCUT2D eigenvalue weighted by Crippen LogP contribution is -2.04. The Morgan fingerprint density at radius 2 is 1.74 bits per heavy atom. The molecule has 0 spiro atoms. The van der Waals surface area contributed by atoms with E-state index in [2.05, 4.69) is 5.11 Å². The molecule has 0 bridgehead atoms. The van der Waals surface area contributed by atoms with Crippen LogP contribution < -0.4 is 4.74 Å². The summed E-state index contributed by atoms with van der Waals surface area (Å²) >= 11 is 0. The maximum atomic E-state index is 12.0. The van der Waals surface area contributed by atoms with Gasteiger partial charge < -0.3 is 9.94 Å². The van der Waals surface area contributed by atoms with Gasteiger partial charge in [-0.25, -0.2) is 0 Å². The molecular weight excluding hydrogens is 244 g/mol. The molecule has 0 N–H and O–H groups in total. The number of para-hydroxylation sites is 2. The molecule has 2 aromatic carbocycles. The molecular formula is C14H12N2O3. The summed E-state index contributed by atoms with van der Waals surface area (Å²) in [5.74, 6) is -0.301. The number of ether oxygens (including phenoxy) is 1. The van der Waals surface area contributed by atoms with Crippen LogP contribution in [0.5, 0.6) is 5.75 Å². The number of nitrogens with zero attached hydrogens (tertiary/aromatic N) is 2. The summed E-state index contributed by atoms with van der Waals surface area (Å²) in [6.07, 6.45) is 0. The van der Waals surface area contributed by atoms with E-state index in [9.17, 15) is 10.0 Å². The van der Waals surface area contributed by atoms with E-state index in [0.29, 0.717) is 10.5 Å². The van der Waals surface area contributed by atoms with Crippen LogP contribution in [0.1, 0.15) is 6.92 Å². The molecule has 0 atom stereocenters. The maximum Gasteiger partial charge on any atom is 0.308 e. The van der Waals surface area contributed by atoms with E-state index in [4.69, 9.17) is 4.74 Å². The predicted molar refractivity (Wildman–Crippen MR) is 69.6 cm³/mol. The molecule has 0 heterocycles. The normalized spacial score (nSPS) is 11.1. The summed E-state index contributed by atoms with van der Waals surface area (Å²) in [7, 11) is 0. The lowest BCUT2D eigenvalue weighted by molar-refractivity contribution is -0.436. The molecule has 0 unspecified atom stereocenters. The lowest BCUT2D eigenvalue weighted by Gasteiger charge is -2.05. The smallest absolute Gasteiger partial charge is 0.308 e. The quantitative estimate of drug-likeness (QED) is 0.277. The van der Waals surface area contributed by atoms with Crippen molar-refractivity contribution in [3.63, 3.8) is 0 Å². The van der Waals surface area contributed by atoms with Crippen LogP contribution in [0.2, 0.25) is 0 Å². The first-order chi connectivity index (χ1) is 9.16. The Morgan fingerprint density at radius 3 is 2.42 bits per heavy atom. The van der Waals surface area contributed by atoms with Gasteiger partial charge in [-0.3, -0.25) is 4.79 Å². The first-order valence-electron chi connectivity index (χ1n) is 5.68. The van der Waals surface area contributed by atoms with E-state index in [1.165, 1.54) is 13.0 Å². The lowest BCUT2D eigenvalue weighted by atomic mass is 10.3. The van der Waals surface area contributed by atoms with E-state index < -0.39 is 5.97 Å². The van der Waals surface area contributed by atoms with E-state index in [0.717, 1.165) is 0 Å². The topological polar surface area (TPSA) is 64.7 Å². The van der Waals surface area contributed by atoms with Crippen molar-refractivity contribution >= 4 is 17.3 Å². The van der Waals surface area contributed by atoms with Crippen LogP contribution in [0.4, 0.5) is 11.4 Å². The number of hydrogen-bond donors (Lipinski definition) is 0. The van der Waals surface area contributed by atoms with Crippen molar-refractivity contribution in [1.29, 1.82) is 0 Å². The Morgan fingerprint density at radius 1 is 1.11 bits per heavy atom. The summed E-state index contributed by atoms with van der Waals surface area (Å²) in [4.78, 5) is 11.4. The number of hydrogen-bond acceptors (Lipinski definition) is 4. The predicted octanol–water partition coefficient (Wildman–Crippen LogP) is 3.54. The van der Waals surface area contributed by atoms with Crippen LogP contribution in [-0.4, -0.2) is 10.8 Å². The van der Waals surface area contributed by atoms with Crippen molar-refractivity contribution in [3.8, 4) is 5.75 Å². The molecule has 2 aromatic rings. The molecule has 0 aliphatic rings. The molecule has 0 aromatic heterocycles. The van der Waals surface area contributed by atoms with Gasteiger partial charge in [0.05, 0.1) is 0 Å². The van der Waals surface area contributed by atoms with Gasteiger partial charge in [-0.15, -0.1) is 0 Å². The highest BCUT2D eigenvalue weighted by Crippen LogP contribution is 2.28. The molecule has 19 heavy (non-hydrogen) atoms. The van der Waals surface area contributed by atoms with Gasteiger partial charge in [0.1, 0.15) is 5.69 Å². The van der Waals surface area contributed by atoms with Crippen LogP contribution in [0.15, 0.2) is 59.7 Å². The van der Waals surface area contributed by atoms with Gasteiger partial charge >= 0.3 is 5.97 Å². The number of rotatable bonds is 3. The largest absolute Gasteiger partial charge is 0.594 e. The number of carbonyl (C=O) groups is 1. The molecule has 96 valence electrons. The highest BCUT2D eigenvalue weighted by Gasteiger charge is 2.14. The fourth-order valence-corrected chi connectivity index (χ4v) is 1.51. The fourth-order valence-electron chi connectivity index (χ4n) is 1.51. The molecule has 0 aliphatic heterocycles. The third kappa shape index (κ3) is 3.38. The van der Waals surface area contributed by atoms with Gasteiger partial charge in [-0.2, -0.15) is 0 Å². The Bertz CT molecular complexity index is 609. The standard InChI is InChI=1S/C14H12N2O3/c1-11(17)19-14-10-6-5-9-13(14)16(18)15-12-7-3-2-4-8-12/h2-10H,1H3. The van der Waals surface area contributed by atoms with Crippen LogP contribution in [0.3, 0.4) is 0 Å². The van der Waals surface area contributed by atoms with Gasteiger partial charge in [0.2, 0.25) is 5.75 Å². The van der Waals surface area contributed by atoms with Crippen LogP contribution in [0, 0.1) is 5.21 Å². The molecule has 0 amide bonds. The molecule has 0 fully saturated rings. The summed E-state index contributed by atoms with van der Waals surface area (Å²) in [6, 6.07) is 15.3. The minimum atomic E-state index is -0.486. The van der Waals surface area contributed by atoms with Gasteiger partial charge in [-0.05, 0) is 23.1 Å².